The topological polar surface area (TPSA) is 158 Å². The van der Waals surface area contributed by atoms with Crippen LogP contribution in [0.2, 0.25) is 5.02 Å². The molecule has 0 saturated heterocycles. The van der Waals surface area contributed by atoms with Crippen molar-refractivity contribution in [3.8, 4) is 16.9 Å². The molecule has 2 amide bonds. The number of benzene rings is 2. The van der Waals surface area contributed by atoms with Gasteiger partial charge in [-0.1, -0.05) is 50.6 Å². The monoisotopic (exact) mass is 776 g/mol. The van der Waals surface area contributed by atoms with Gasteiger partial charge in [-0.15, -0.1) is 0 Å². The second kappa shape index (κ2) is 14.9. The third-order valence-electron chi connectivity index (χ3n) is 9.08. The van der Waals surface area contributed by atoms with E-state index in [9.17, 15) is 31.5 Å². The van der Waals surface area contributed by atoms with Crippen LogP contribution in [0.1, 0.15) is 93.1 Å². The molecular formula is C35H38ClF5N10O3. The fourth-order valence-corrected chi connectivity index (χ4v) is 5.79. The average Bonchev–Trinajstić information content (AvgIpc) is 4.00. The highest BCUT2D eigenvalue weighted by Crippen LogP contribution is 2.49. The van der Waals surface area contributed by atoms with Crippen molar-refractivity contribution < 1.29 is 36.3 Å². The molecular weight excluding hydrogens is 739 g/mol. The van der Waals surface area contributed by atoms with Crippen molar-refractivity contribution in [1.29, 1.82) is 0 Å². The van der Waals surface area contributed by atoms with Gasteiger partial charge in [0, 0.05) is 17.7 Å². The molecule has 3 N–H and O–H groups in total. The summed E-state index contributed by atoms with van der Waals surface area (Å²) in [5.74, 6) is -1.74. The maximum Gasteiger partial charge on any atom is 0.411 e. The van der Waals surface area contributed by atoms with Crippen LogP contribution in [0.15, 0.2) is 60.0 Å². The summed E-state index contributed by atoms with van der Waals surface area (Å²) in [5.41, 5.74) is 5.43. The first kappa shape index (κ1) is 38.6. The number of aromatic nitrogens is 6. The van der Waals surface area contributed by atoms with E-state index in [1.54, 1.807) is 23.1 Å². The van der Waals surface area contributed by atoms with Crippen molar-refractivity contribution in [3.05, 3.63) is 77.0 Å². The first-order chi connectivity index (χ1) is 25.5. The predicted molar refractivity (Wildman–Crippen MR) is 187 cm³/mol. The molecule has 0 aliphatic heterocycles. The normalized spacial score (nSPS) is 16.3. The fourth-order valence-electron chi connectivity index (χ4n) is 5.59. The van der Waals surface area contributed by atoms with Crippen LogP contribution in [-0.4, -0.2) is 77.5 Å². The molecule has 2 saturated carbocycles. The van der Waals surface area contributed by atoms with Crippen LogP contribution < -0.4 is 11.1 Å². The van der Waals surface area contributed by atoms with Crippen molar-refractivity contribution >= 4 is 29.6 Å². The molecule has 6 rings (SSSR count). The standard InChI is InChI=1S/C35H38ClF5N10O3/c1-33(2,3)14-15-43-31(42)49(30(52)21-6-4-20(5-7-21)25-17-45-51(48-25)23-9-10-23)27(18-54-32(53)47-34(12-13-34)35(39,40)41)22-8-11-24(36)26(16-22)50-29(28(37)38)44-19-46-50/h4-8,11,16-17,19,23,27-28H,9-10,12-15,18H2,1-3H3,(H2,42,43)(H,47,53)/t27-/m1/s1. The van der Waals surface area contributed by atoms with E-state index >= 15 is 0 Å². The number of amides is 2. The van der Waals surface area contributed by atoms with Crippen LogP contribution >= 0.6 is 11.6 Å². The number of carbonyl (C=O) groups is 2. The minimum atomic E-state index is -4.72. The van der Waals surface area contributed by atoms with Crippen LogP contribution in [0.5, 0.6) is 0 Å². The van der Waals surface area contributed by atoms with E-state index in [2.05, 4.69) is 25.3 Å². The lowest BCUT2D eigenvalue weighted by Gasteiger charge is -2.32. The van der Waals surface area contributed by atoms with Crippen LogP contribution in [0.25, 0.3) is 16.9 Å². The lowest BCUT2D eigenvalue weighted by atomic mass is 9.92. The zero-order chi connectivity index (χ0) is 39.0. The van der Waals surface area contributed by atoms with E-state index in [0.29, 0.717) is 17.7 Å². The van der Waals surface area contributed by atoms with Crippen LogP contribution in [0.3, 0.4) is 0 Å². The molecule has 2 aromatic carbocycles. The van der Waals surface area contributed by atoms with Gasteiger partial charge in [-0.25, -0.2) is 23.2 Å². The summed E-state index contributed by atoms with van der Waals surface area (Å²) < 4.78 is 75.0. The largest absolute Gasteiger partial charge is 0.447 e. The zero-order valence-corrected chi connectivity index (χ0v) is 30.3. The molecule has 13 nitrogen and oxygen atoms in total. The molecule has 2 fully saturated rings. The van der Waals surface area contributed by atoms with Gasteiger partial charge in [-0.05, 0) is 67.3 Å². The highest BCUT2D eigenvalue weighted by atomic mass is 35.5. The summed E-state index contributed by atoms with van der Waals surface area (Å²) in [6.07, 6.45) is -4.73. The summed E-state index contributed by atoms with van der Waals surface area (Å²) in [4.78, 5) is 38.2. The molecule has 0 bridgehead atoms. The van der Waals surface area contributed by atoms with Crippen molar-refractivity contribution in [1.82, 2.24) is 40.0 Å². The van der Waals surface area contributed by atoms with E-state index in [-0.39, 0.29) is 58.6 Å². The Hall–Kier alpha value is -5.13. The number of nitrogens with zero attached hydrogens (tertiary/aromatic N) is 8. The number of carbonyl (C=O) groups excluding carboxylic acids is 2. The van der Waals surface area contributed by atoms with Gasteiger partial charge in [-0.2, -0.15) is 33.3 Å². The summed E-state index contributed by atoms with van der Waals surface area (Å²) in [6.45, 7) is 5.41. The van der Waals surface area contributed by atoms with Gasteiger partial charge in [0.1, 0.15) is 24.2 Å². The molecule has 288 valence electrons. The highest BCUT2D eigenvalue weighted by molar-refractivity contribution is 6.32. The molecule has 2 aromatic heterocycles. The number of alkyl carbamates (subject to hydrolysis) is 1. The lowest BCUT2D eigenvalue weighted by molar-refractivity contribution is -0.164. The average molecular weight is 777 g/mol. The number of nitrogens with two attached hydrogens (primary N) is 1. The quantitative estimate of drug-likeness (QED) is 0.0868. The fraction of sp³-hybridized carbons (Fsp3) is 0.457. The van der Waals surface area contributed by atoms with Crippen molar-refractivity contribution in [2.75, 3.05) is 13.2 Å². The number of ether oxygens (including phenoxy) is 1. The van der Waals surface area contributed by atoms with Crippen LogP contribution in [-0.2, 0) is 4.74 Å². The Bertz CT molecular complexity index is 2020. The van der Waals surface area contributed by atoms with Gasteiger partial charge in [0.05, 0.1) is 29.0 Å². The Kier molecular flexibility index (Phi) is 10.7. The Morgan fingerprint density at radius 2 is 1.81 bits per heavy atom. The molecule has 0 radical (unpaired) electrons. The van der Waals surface area contributed by atoms with E-state index < -0.39 is 48.6 Å². The third kappa shape index (κ3) is 8.63. The Morgan fingerprint density at radius 3 is 2.43 bits per heavy atom. The molecule has 2 heterocycles. The second-order valence-electron chi connectivity index (χ2n) is 14.4. The van der Waals surface area contributed by atoms with Crippen molar-refractivity contribution in [3.63, 3.8) is 0 Å². The maximum atomic E-state index is 14.5. The second-order valence-corrected chi connectivity index (χ2v) is 14.9. The van der Waals surface area contributed by atoms with E-state index in [4.69, 9.17) is 22.1 Å². The van der Waals surface area contributed by atoms with Gasteiger partial charge in [0.15, 0.2) is 11.8 Å². The molecule has 1 atom stereocenters. The highest BCUT2D eigenvalue weighted by Gasteiger charge is 2.64. The van der Waals surface area contributed by atoms with Gasteiger partial charge >= 0.3 is 12.3 Å². The van der Waals surface area contributed by atoms with Crippen LogP contribution in [0.4, 0.5) is 26.7 Å². The summed E-state index contributed by atoms with van der Waals surface area (Å²) in [5, 5.41) is 14.6. The van der Waals surface area contributed by atoms with Crippen LogP contribution in [0, 0.1) is 5.41 Å². The van der Waals surface area contributed by atoms with Gasteiger partial charge in [0.25, 0.3) is 12.3 Å². The summed E-state index contributed by atoms with van der Waals surface area (Å²) in [6, 6.07) is 9.40. The molecule has 4 aromatic rings. The number of guanidine groups is 1. The van der Waals surface area contributed by atoms with Crippen molar-refractivity contribution in [2.24, 2.45) is 16.1 Å². The molecule has 2 aliphatic rings. The summed E-state index contributed by atoms with van der Waals surface area (Å²) >= 11 is 6.44. The molecule has 0 unspecified atom stereocenters. The molecule has 2 aliphatic carbocycles. The summed E-state index contributed by atoms with van der Waals surface area (Å²) in [7, 11) is 0. The van der Waals surface area contributed by atoms with Gasteiger partial charge < -0.3 is 15.8 Å². The number of nitrogens with one attached hydrogen (secondary N) is 1. The molecule has 19 heteroatoms. The number of halogens is 6. The van der Waals surface area contributed by atoms with Gasteiger partial charge in [-0.3, -0.25) is 14.7 Å². The first-order valence-corrected chi connectivity index (χ1v) is 17.5. The van der Waals surface area contributed by atoms with Gasteiger partial charge in [0.2, 0.25) is 0 Å². The Balaban J connectivity index is 1.39. The number of rotatable bonds is 12. The zero-order valence-electron chi connectivity index (χ0n) is 29.5. The molecule has 0 spiro atoms. The Morgan fingerprint density at radius 1 is 1.11 bits per heavy atom. The molecule has 54 heavy (non-hydrogen) atoms. The third-order valence-corrected chi connectivity index (χ3v) is 9.40. The maximum absolute atomic E-state index is 14.5. The number of hydrogen-bond donors (Lipinski definition) is 2. The Labute approximate surface area is 311 Å². The number of alkyl halides is 5. The SMILES string of the molecule is CC(C)(C)CCN=C(N)N(C(=O)c1ccc(-c2cnn(C3CC3)n2)cc1)[C@H](COC(=O)NC1(C(F)(F)F)CC1)c1ccc(Cl)c(-n2ncnc2C(F)F)c1. The number of aliphatic imine (C=N–C) groups is 1. The first-order valence-electron chi connectivity index (χ1n) is 17.1. The minimum absolute atomic E-state index is 0.0247. The predicted octanol–water partition coefficient (Wildman–Crippen LogP) is 7.21. The number of hydrogen-bond acceptors (Lipinski definition) is 8. The van der Waals surface area contributed by atoms with E-state index in [1.165, 1.54) is 30.3 Å². The lowest BCUT2D eigenvalue weighted by Crippen LogP contribution is -2.49. The van der Waals surface area contributed by atoms with E-state index in [1.807, 2.05) is 26.1 Å². The minimum Gasteiger partial charge on any atom is -0.447 e. The van der Waals surface area contributed by atoms with Crippen molar-refractivity contribution in [2.45, 2.75) is 83.1 Å². The smallest absolute Gasteiger partial charge is 0.411 e. The van der Waals surface area contributed by atoms with E-state index in [0.717, 1.165) is 28.8 Å².